The fourth-order valence-electron chi connectivity index (χ4n) is 3.70. The summed E-state index contributed by atoms with van der Waals surface area (Å²) < 4.78 is 2.26. The number of hydrogen-bond donors (Lipinski definition) is 1. The smallest absolute Gasteiger partial charge is 0.256 e. The van der Waals surface area contributed by atoms with E-state index in [1.54, 1.807) is 0 Å². The first kappa shape index (κ1) is 15.9. The van der Waals surface area contributed by atoms with Crippen molar-refractivity contribution in [1.82, 2.24) is 14.8 Å². The Morgan fingerprint density at radius 2 is 1.68 bits per heavy atom. The number of carbonyl (C=O) groups is 1. The van der Waals surface area contributed by atoms with Crippen LogP contribution in [0.3, 0.4) is 0 Å². The molecule has 0 aliphatic carbocycles. The summed E-state index contributed by atoms with van der Waals surface area (Å²) in [5.41, 5.74) is 4.27. The fraction of sp³-hybridized carbons (Fsp3) is 0.286. The minimum atomic E-state index is 0.155. The number of benzene rings is 2. The van der Waals surface area contributed by atoms with Crippen LogP contribution in [-0.4, -0.2) is 41.6 Å². The number of para-hydroxylation sites is 1. The summed E-state index contributed by atoms with van der Waals surface area (Å²) in [6, 6.07) is 18.7. The van der Waals surface area contributed by atoms with Crippen LogP contribution in [-0.2, 0) is 6.54 Å². The zero-order valence-electron chi connectivity index (χ0n) is 14.5. The van der Waals surface area contributed by atoms with Crippen LogP contribution in [0.25, 0.3) is 10.9 Å². The van der Waals surface area contributed by atoms with Gasteiger partial charge in [-0.2, -0.15) is 0 Å². The number of nitrogens with zero attached hydrogens (tertiary/aromatic N) is 2. The van der Waals surface area contributed by atoms with E-state index < -0.39 is 0 Å². The number of piperazine rings is 1. The standard InChI is InChI=1S/C21H23N3O/c1-16-20(21(25)23-13-11-22-12-14-23)18-9-5-6-10-19(18)24(16)15-17-7-3-2-4-8-17/h2-10,22H,11-15H2,1H3. The van der Waals surface area contributed by atoms with Gasteiger partial charge in [0.2, 0.25) is 0 Å². The fourth-order valence-corrected chi connectivity index (χ4v) is 3.70. The molecular formula is C21H23N3O. The molecule has 2 aromatic carbocycles. The van der Waals surface area contributed by atoms with Gasteiger partial charge in [0.05, 0.1) is 5.56 Å². The van der Waals surface area contributed by atoms with Crippen molar-refractivity contribution in [3.8, 4) is 0 Å². The second-order valence-electron chi connectivity index (χ2n) is 6.59. The van der Waals surface area contributed by atoms with Crippen molar-refractivity contribution in [3.63, 3.8) is 0 Å². The molecule has 1 amide bonds. The van der Waals surface area contributed by atoms with E-state index in [0.717, 1.165) is 54.9 Å². The van der Waals surface area contributed by atoms with E-state index in [2.05, 4.69) is 53.2 Å². The van der Waals surface area contributed by atoms with Gasteiger partial charge in [-0.3, -0.25) is 4.79 Å². The van der Waals surface area contributed by atoms with Gasteiger partial charge >= 0.3 is 0 Å². The lowest BCUT2D eigenvalue weighted by Crippen LogP contribution is -2.46. The molecule has 1 aliphatic rings. The Bertz CT molecular complexity index is 892. The Balaban J connectivity index is 1.79. The molecule has 0 bridgehead atoms. The van der Waals surface area contributed by atoms with Crippen molar-refractivity contribution >= 4 is 16.8 Å². The Morgan fingerprint density at radius 1 is 1.00 bits per heavy atom. The van der Waals surface area contributed by atoms with Gasteiger partial charge in [-0.15, -0.1) is 0 Å². The number of rotatable bonds is 3. The molecule has 4 nitrogen and oxygen atoms in total. The molecule has 0 saturated carbocycles. The molecule has 1 aromatic heterocycles. The SMILES string of the molecule is Cc1c(C(=O)N2CCNCC2)c2ccccc2n1Cc1ccccc1. The molecule has 128 valence electrons. The zero-order chi connectivity index (χ0) is 17.2. The Morgan fingerprint density at radius 3 is 2.44 bits per heavy atom. The van der Waals surface area contributed by atoms with Gasteiger partial charge in [0.15, 0.2) is 0 Å². The van der Waals surface area contributed by atoms with Crippen LogP contribution < -0.4 is 5.32 Å². The summed E-state index contributed by atoms with van der Waals surface area (Å²) in [6.07, 6.45) is 0. The zero-order valence-corrected chi connectivity index (χ0v) is 14.5. The Kier molecular flexibility index (Phi) is 4.28. The van der Waals surface area contributed by atoms with Crippen molar-refractivity contribution < 1.29 is 4.79 Å². The maximum atomic E-state index is 13.2. The van der Waals surface area contributed by atoms with Gasteiger partial charge in [-0.25, -0.2) is 0 Å². The number of carbonyl (C=O) groups excluding carboxylic acids is 1. The quantitative estimate of drug-likeness (QED) is 0.800. The van der Waals surface area contributed by atoms with E-state index >= 15 is 0 Å². The van der Waals surface area contributed by atoms with Crippen LogP contribution in [0.2, 0.25) is 0 Å². The van der Waals surface area contributed by atoms with Crippen LogP contribution in [0.15, 0.2) is 54.6 Å². The molecule has 4 rings (SSSR count). The molecule has 0 atom stereocenters. The van der Waals surface area contributed by atoms with Crippen LogP contribution in [0.1, 0.15) is 21.6 Å². The molecule has 0 radical (unpaired) electrons. The lowest BCUT2D eigenvalue weighted by atomic mass is 10.1. The first-order chi connectivity index (χ1) is 12.3. The van der Waals surface area contributed by atoms with Crippen molar-refractivity contribution in [2.45, 2.75) is 13.5 Å². The predicted octanol–water partition coefficient (Wildman–Crippen LogP) is 3.04. The van der Waals surface area contributed by atoms with Gasteiger partial charge in [0.25, 0.3) is 5.91 Å². The molecular weight excluding hydrogens is 310 g/mol. The Hall–Kier alpha value is -2.59. The van der Waals surface area contributed by atoms with E-state index in [1.165, 1.54) is 5.56 Å². The molecule has 2 heterocycles. The van der Waals surface area contributed by atoms with Crippen LogP contribution >= 0.6 is 0 Å². The van der Waals surface area contributed by atoms with Crippen molar-refractivity contribution in [3.05, 3.63) is 71.4 Å². The maximum absolute atomic E-state index is 13.2. The van der Waals surface area contributed by atoms with E-state index in [1.807, 2.05) is 23.1 Å². The van der Waals surface area contributed by atoms with Gasteiger partial charge in [0, 0.05) is 49.3 Å². The number of amides is 1. The molecule has 25 heavy (non-hydrogen) atoms. The highest BCUT2D eigenvalue weighted by atomic mass is 16.2. The predicted molar refractivity (Wildman–Crippen MR) is 101 cm³/mol. The number of fused-ring (bicyclic) bond motifs is 1. The van der Waals surface area contributed by atoms with E-state index in [-0.39, 0.29) is 5.91 Å². The minimum Gasteiger partial charge on any atom is -0.340 e. The largest absolute Gasteiger partial charge is 0.340 e. The average Bonchev–Trinajstić information content (AvgIpc) is 2.95. The third kappa shape index (κ3) is 2.94. The lowest BCUT2D eigenvalue weighted by molar-refractivity contribution is 0.0737. The van der Waals surface area contributed by atoms with Gasteiger partial charge in [-0.1, -0.05) is 48.5 Å². The van der Waals surface area contributed by atoms with E-state index in [4.69, 9.17) is 0 Å². The molecule has 1 aliphatic heterocycles. The van der Waals surface area contributed by atoms with Crippen LogP contribution in [0, 0.1) is 6.92 Å². The normalized spacial score (nSPS) is 14.8. The maximum Gasteiger partial charge on any atom is 0.256 e. The number of aromatic nitrogens is 1. The van der Waals surface area contributed by atoms with Gasteiger partial charge < -0.3 is 14.8 Å². The molecule has 0 spiro atoms. The summed E-state index contributed by atoms with van der Waals surface area (Å²) in [7, 11) is 0. The molecule has 1 fully saturated rings. The first-order valence-electron chi connectivity index (χ1n) is 8.87. The first-order valence-corrected chi connectivity index (χ1v) is 8.87. The third-order valence-electron chi connectivity index (χ3n) is 5.03. The van der Waals surface area contributed by atoms with Crippen molar-refractivity contribution in [2.75, 3.05) is 26.2 Å². The summed E-state index contributed by atoms with van der Waals surface area (Å²) in [6.45, 7) is 6.13. The van der Waals surface area contributed by atoms with Crippen molar-refractivity contribution in [2.24, 2.45) is 0 Å². The van der Waals surface area contributed by atoms with Crippen molar-refractivity contribution in [1.29, 1.82) is 0 Å². The highest BCUT2D eigenvalue weighted by Crippen LogP contribution is 2.28. The third-order valence-corrected chi connectivity index (χ3v) is 5.03. The monoisotopic (exact) mass is 333 g/mol. The molecule has 3 aromatic rings. The highest BCUT2D eigenvalue weighted by Gasteiger charge is 2.25. The number of hydrogen-bond acceptors (Lipinski definition) is 2. The topological polar surface area (TPSA) is 37.3 Å². The van der Waals surface area contributed by atoms with E-state index in [0.29, 0.717) is 0 Å². The molecule has 1 saturated heterocycles. The van der Waals surface area contributed by atoms with E-state index in [9.17, 15) is 4.79 Å². The second kappa shape index (κ2) is 6.73. The van der Waals surface area contributed by atoms with Gasteiger partial charge in [0.1, 0.15) is 0 Å². The summed E-state index contributed by atoms with van der Waals surface area (Å²) in [5, 5.41) is 4.37. The minimum absolute atomic E-state index is 0.155. The molecule has 1 N–H and O–H groups in total. The summed E-state index contributed by atoms with van der Waals surface area (Å²) >= 11 is 0. The molecule has 0 unspecified atom stereocenters. The lowest BCUT2D eigenvalue weighted by Gasteiger charge is -2.27. The second-order valence-corrected chi connectivity index (χ2v) is 6.59. The van der Waals surface area contributed by atoms with Crippen LogP contribution in [0.5, 0.6) is 0 Å². The average molecular weight is 333 g/mol. The molecule has 4 heteroatoms. The summed E-state index contributed by atoms with van der Waals surface area (Å²) in [4.78, 5) is 15.2. The summed E-state index contributed by atoms with van der Waals surface area (Å²) in [5.74, 6) is 0.155. The van der Waals surface area contributed by atoms with Crippen LogP contribution in [0.4, 0.5) is 0 Å². The van der Waals surface area contributed by atoms with Gasteiger partial charge in [-0.05, 0) is 18.6 Å². The number of nitrogens with one attached hydrogen (secondary N) is 1. The highest BCUT2D eigenvalue weighted by molar-refractivity contribution is 6.08. The Labute approximate surface area is 148 Å².